The molecule has 3 unspecified atom stereocenters. The fraction of sp³-hybridized carbons (Fsp3) is 0.714. The predicted molar refractivity (Wildman–Crippen MR) is 82.0 cm³/mol. The number of hydrogen-bond donors (Lipinski definition) is 2. The molecule has 0 aromatic rings. The van der Waals surface area contributed by atoms with E-state index in [-0.39, 0.29) is 17.2 Å². The molecule has 7 heteroatoms. The van der Waals surface area contributed by atoms with Gasteiger partial charge in [0.25, 0.3) is 0 Å². The second-order valence-corrected chi connectivity index (χ2v) is 6.57. The lowest BCUT2D eigenvalue weighted by molar-refractivity contribution is -0.144. The first-order valence-corrected chi connectivity index (χ1v) is 8.30. The highest BCUT2D eigenvalue weighted by Gasteiger charge is 2.40. The first-order chi connectivity index (χ1) is 9.97. The molecule has 3 N–H and O–H groups in total. The topological polar surface area (TPSA) is 86.9 Å². The molecule has 118 valence electrons. The largest absolute Gasteiger partial charge is 0.391 e. The summed E-state index contributed by atoms with van der Waals surface area (Å²) >= 11 is 1.61. The van der Waals surface area contributed by atoms with Crippen LogP contribution < -0.4 is 5.73 Å². The van der Waals surface area contributed by atoms with Crippen molar-refractivity contribution in [3.8, 4) is 0 Å². The minimum absolute atomic E-state index is 0.0493. The molecule has 6 nitrogen and oxygen atoms in total. The molecule has 0 saturated carbocycles. The third-order valence-corrected chi connectivity index (χ3v) is 5.15. The minimum Gasteiger partial charge on any atom is -0.391 e. The molecule has 1 saturated heterocycles. The Kier molecular flexibility index (Phi) is 5.29. The number of rotatable bonds is 4. The van der Waals surface area contributed by atoms with Crippen LogP contribution in [0.3, 0.4) is 0 Å². The first-order valence-electron chi connectivity index (χ1n) is 7.35. The Bertz CT molecular complexity index is 441. The molecule has 0 spiro atoms. The smallest absolute Gasteiger partial charge is 0.250 e. The lowest BCUT2D eigenvalue weighted by Gasteiger charge is -2.31. The van der Waals surface area contributed by atoms with Gasteiger partial charge in [0.15, 0.2) is 0 Å². The van der Waals surface area contributed by atoms with Crippen LogP contribution in [0.25, 0.3) is 0 Å². The fourth-order valence-electron chi connectivity index (χ4n) is 2.72. The molecule has 2 amide bonds. The van der Waals surface area contributed by atoms with Crippen LogP contribution in [0, 0.1) is 0 Å². The summed E-state index contributed by atoms with van der Waals surface area (Å²) in [4.78, 5) is 28.3. The molecule has 2 aliphatic heterocycles. The lowest BCUT2D eigenvalue weighted by atomic mass is 10.1. The van der Waals surface area contributed by atoms with Gasteiger partial charge in [-0.1, -0.05) is 6.92 Å². The lowest BCUT2D eigenvalue weighted by Crippen LogP contribution is -2.54. The van der Waals surface area contributed by atoms with Crippen molar-refractivity contribution in [3.63, 3.8) is 0 Å². The summed E-state index contributed by atoms with van der Waals surface area (Å²) in [5.41, 5.74) is 5.72. The highest BCUT2D eigenvalue weighted by Crippen LogP contribution is 2.30. The van der Waals surface area contributed by atoms with E-state index in [9.17, 15) is 14.7 Å². The van der Waals surface area contributed by atoms with Crippen molar-refractivity contribution in [1.29, 1.82) is 0 Å². The van der Waals surface area contributed by atoms with Crippen LogP contribution >= 0.6 is 11.8 Å². The van der Waals surface area contributed by atoms with Gasteiger partial charge in [0.2, 0.25) is 11.8 Å². The number of carbonyl (C=O) groups excluding carboxylic acids is 2. The predicted octanol–water partition coefficient (Wildman–Crippen LogP) is 0.468. The molecular formula is C14H23N3O3S. The van der Waals surface area contributed by atoms with Crippen molar-refractivity contribution < 1.29 is 14.7 Å². The number of carbonyl (C=O) groups is 2. The van der Waals surface area contributed by atoms with Crippen LogP contribution in [0.5, 0.6) is 0 Å². The Labute approximate surface area is 129 Å². The van der Waals surface area contributed by atoms with Crippen molar-refractivity contribution in [2.24, 2.45) is 5.73 Å². The van der Waals surface area contributed by atoms with Crippen LogP contribution in [0.15, 0.2) is 11.6 Å². The molecule has 21 heavy (non-hydrogen) atoms. The average Bonchev–Trinajstić information content (AvgIpc) is 3.12. The summed E-state index contributed by atoms with van der Waals surface area (Å²) in [6, 6.07) is -1.43. The second kappa shape index (κ2) is 6.81. The summed E-state index contributed by atoms with van der Waals surface area (Å²) in [5.74, 6) is -0.392. The quantitative estimate of drug-likeness (QED) is 0.788. The third kappa shape index (κ3) is 3.25. The van der Waals surface area contributed by atoms with Crippen molar-refractivity contribution in [1.82, 2.24) is 9.80 Å². The van der Waals surface area contributed by atoms with E-state index in [1.807, 2.05) is 12.3 Å². The molecule has 0 aromatic heterocycles. The Morgan fingerprint density at radius 3 is 2.86 bits per heavy atom. The van der Waals surface area contributed by atoms with E-state index in [1.54, 1.807) is 22.9 Å². The van der Waals surface area contributed by atoms with Crippen LogP contribution in [0.2, 0.25) is 0 Å². The standard InChI is InChI=1S/C14H23N3O3S/c1-3-11-17(7-8-21-11)13(19)10-5-4-6-16(10)14(20)12(15)9(2)18/h7-12,18H,3-6,15H2,1-2H3/t9?,10-,11?,12?/m0/s1. The summed E-state index contributed by atoms with van der Waals surface area (Å²) in [7, 11) is 0. The zero-order valence-electron chi connectivity index (χ0n) is 12.4. The number of hydrogen-bond acceptors (Lipinski definition) is 5. The Morgan fingerprint density at radius 2 is 2.24 bits per heavy atom. The van der Waals surface area contributed by atoms with Gasteiger partial charge in [-0.25, -0.2) is 0 Å². The van der Waals surface area contributed by atoms with Gasteiger partial charge >= 0.3 is 0 Å². The molecular weight excluding hydrogens is 290 g/mol. The maximum absolute atomic E-state index is 12.7. The van der Waals surface area contributed by atoms with E-state index < -0.39 is 18.2 Å². The van der Waals surface area contributed by atoms with E-state index in [1.165, 1.54) is 11.8 Å². The van der Waals surface area contributed by atoms with Gasteiger partial charge in [0.1, 0.15) is 12.1 Å². The molecule has 0 aliphatic carbocycles. The van der Waals surface area contributed by atoms with E-state index in [4.69, 9.17) is 5.73 Å². The molecule has 2 heterocycles. The summed E-state index contributed by atoms with van der Waals surface area (Å²) in [6.45, 7) is 4.05. The summed E-state index contributed by atoms with van der Waals surface area (Å²) in [5, 5.41) is 11.5. The first kappa shape index (κ1) is 16.3. The van der Waals surface area contributed by atoms with E-state index in [0.717, 1.165) is 12.8 Å². The molecule has 1 fully saturated rings. The van der Waals surface area contributed by atoms with E-state index >= 15 is 0 Å². The highest BCUT2D eigenvalue weighted by atomic mass is 32.2. The monoisotopic (exact) mass is 313 g/mol. The molecule has 0 bridgehead atoms. The number of nitrogens with zero attached hydrogens (tertiary/aromatic N) is 2. The molecule has 4 atom stereocenters. The van der Waals surface area contributed by atoms with Gasteiger partial charge in [-0.3, -0.25) is 9.59 Å². The van der Waals surface area contributed by atoms with Crippen LogP contribution in [-0.2, 0) is 9.59 Å². The third-order valence-electron chi connectivity index (χ3n) is 4.00. The number of amides is 2. The van der Waals surface area contributed by atoms with Crippen molar-refractivity contribution in [2.45, 2.75) is 56.7 Å². The number of thioether (sulfide) groups is 1. The zero-order chi connectivity index (χ0) is 15.6. The van der Waals surface area contributed by atoms with E-state index in [2.05, 4.69) is 0 Å². The summed E-state index contributed by atoms with van der Waals surface area (Å²) < 4.78 is 0. The number of likely N-dealkylation sites (tertiary alicyclic amines) is 1. The Morgan fingerprint density at radius 1 is 1.52 bits per heavy atom. The van der Waals surface area contributed by atoms with Gasteiger partial charge in [-0.15, -0.1) is 11.8 Å². The summed E-state index contributed by atoms with van der Waals surface area (Å²) in [6.07, 6.45) is 3.17. The molecule has 0 radical (unpaired) electrons. The molecule has 2 rings (SSSR count). The van der Waals surface area contributed by atoms with Crippen LogP contribution in [-0.4, -0.2) is 56.8 Å². The second-order valence-electron chi connectivity index (χ2n) is 5.49. The number of aliphatic hydroxyl groups excluding tert-OH is 1. The van der Waals surface area contributed by atoms with Gasteiger partial charge in [0.05, 0.1) is 11.5 Å². The minimum atomic E-state index is -0.969. The normalized spacial score (nSPS) is 28.0. The van der Waals surface area contributed by atoms with Gasteiger partial charge < -0.3 is 20.6 Å². The highest BCUT2D eigenvalue weighted by molar-refractivity contribution is 8.02. The van der Waals surface area contributed by atoms with E-state index in [0.29, 0.717) is 13.0 Å². The zero-order valence-corrected chi connectivity index (χ0v) is 13.3. The number of nitrogens with two attached hydrogens (primary N) is 1. The molecule has 2 aliphatic rings. The number of aliphatic hydroxyl groups is 1. The Balaban J connectivity index is 2.09. The van der Waals surface area contributed by atoms with Crippen molar-refractivity contribution >= 4 is 23.6 Å². The average molecular weight is 313 g/mol. The maximum Gasteiger partial charge on any atom is 0.250 e. The fourth-order valence-corrected chi connectivity index (χ4v) is 3.60. The van der Waals surface area contributed by atoms with Crippen molar-refractivity contribution in [3.05, 3.63) is 11.6 Å². The van der Waals surface area contributed by atoms with Crippen LogP contribution in [0.4, 0.5) is 0 Å². The SMILES string of the molecule is CCC1SC=CN1C(=O)[C@@H]1CCCN1C(=O)C(N)C(C)O. The van der Waals surface area contributed by atoms with Gasteiger partial charge in [-0.2, -0.15) is 0 Å². The maximum atomic E-state index is 12.7. The Hall–Kier alpha value is -1.05. The van der Waals surface area contributed by atoms with Gasteiger partial charge in [0, 0.05) is 12.7 Å². The van der Waals surface area contributed by atoms with Gasteiger partial charge in [-0.05, 0) is 31.6 Å². The van der Waals surface area contributed by atoms with Crippen LogP contribution in [0.1, 0.15) is 33.1 Å². The molecule has 0 aromatic carbocycles. The van der Waals surface area contributed by atoms with Crippen molar-refractivity contribution in [2.75, 3.05) is 6.54 Å².